The molecule has 0 amide bonds. The largest absolute Gasteiger partial charge is 0.236 e. The summed E-state index contributed by atoms with van der Waals surface area (Å²) in [4.78, 5) is 13.7. The van der Waals surface area contributed by atoms with Gasteiger partial charge in [0.2, 0.25) is 6.08 Å². The monoisotopic (exact) mass is 164 g/mol. The lowest BCUT2D eigenvalue weighted by molar-refractivity contribution is 0.376. The molecule has 1 rings (SSSR count). The van der Waals surface area contributed by atoms with Crippen molar-refractivity contribution in [1.29, 1.82) is 5.26 Å². The first-order valence-corrected chi connectivity index (χ1v) is 4.23. The predicted octanol–water partition coefficient (Wildman–Crippen LogP) is 1.79. The van der Waals surface area contributed by atoms with Crippen molar-refractivity contribution in [2.75, 3.05) is 0 Å². The first kappa shape index (κ1) is 8.96. The number of nitriles is 1. The number of carbonyl (C=O) groups excluding carboxylic acids is 1. The SMILES string of the molecule is CC(C#N)(N=C=O)C1CCCC1. The predicted molar refractivity (Wildman–Crippen MR) is 44.1 cm³/mol. The first-order chi connectivity index (χ1) is 5.73. The van der Waals surface area contributed by atoms with Crippen molar-refractivity contribution in [3.8, 4) is 6.07 Å². The summed E-state index contributed by atoms with van der Waals surface area (Å²) in [6.07, 6.45) is 5.81. The lowest BCUT2D eigenvalue weighted by Gasteiger charge is -2.21. The van der Waals surface area contributed by atoms with Gasteiger partial charge in [-0.25, -0.2) is 4.79 Å². The van der Waals surface area contributed by atoms with Gasteiger partial charge in [-0.2, -0.15) is 10.3 Å². The van der Waals surface area contributed by atoms with Crippen molar-refractivity contribution in [3.05, 3.63) is 0 Å². The summed E-state index contributed by atoms with van der Waals surface area (Å²) in [5.74, 6) is 0.254. The molecule has 1 unspecified atom stereocenters. The molecule has 0 spiro atoms. The van der Waals surface area contributed by atoms with Crippen LogP contribution in [0.1, 0.15) is 32.6 Å². The molecule has 0 aromatic rings. The van der Waals surface area contributed by atoms with Gasteiger partial charge in [0.25, 0.3) is 0 Å². The summed E-state index contributed by atoms with van der Waals surface area (Å²) in [6.45, 7) is 1.72. The molecule has 0 aromatic heterocycles. The topological polar surface area (TPSA) is 53.2 Å². The summed E-state index contributed by atoms with van der Waals surface area (Å²) in [5.41, 5.74) is -0.821. The van der Waals surface area contributed by atoms with Gasteiger partial charge in [0.15, 0.2) is 5.54 Å². The fourth-order valence-electron chi connectivity index (χ4n) is 1.79. The third-order valence-electron chi connectivity index (χ3n) is 2.65. The Kier molecular flexibility index (Phi) is 2.62. The second-order valence-corrected chi connectivity index (χ2v) is 3.44. The third kappa shape index (κ3) is 1.54. The Morgan fingerprint density at radius 2 is 2.08 bits per heavy atom. The quantitative estimate of drug-likeness (QED) is 0.461. The Morgan fingerprint density at radius 1 is 1.50 bits per heavy atom. The number of rotatable bonds is 2. The lowest BCUT2D eigenvalue weighted by Crippen LogP contribution is -2.28. The highest BCUT2D eigenvalue weighted by atomic mass is 16.1. The molecule has 1 aliphatic carbocycles. The van der Waals surface area contributed by atoms with Crippen LogP contribution in [0.3, 0.4) is 0 Å². The van der Waals surface area contributed by atoms with Crippen molar-refractivity contribution in [3.63, 3.8) is 0 Å². The molecule has 3 heteroatoms. The average Bonchev–Trinajstić information content (AvgIpc) is 2.57. The molecule has 0 aliphatic heterocycles. The summed E-state index contributed by atoms with van der Waals surface area (Å²) in [6, 6.07) is 2.09. The van der Waals surface area contributed by atoms with Gasteiger partial charge in [-0.1, -0.05) is 12.8 Å². The van der Waals surface area contributed by atoms with E-state index in [2.05, 4.69) is 11.1 Å². The molecule has 3 nitrogen and oxygen atoms in total. The smallest absolute Gasteiger partial charge is 0.211 e. The third-order valence-corrected chi connectivity index (χ3v) is 2.65. The van der Waals surface area contributed by atoms with Crippen LogP contribution in [0, 0.1) is 17.2 Å². The van der Waals surface area contributed by atoms with Gasteiger partial charge >= 0.3 is 0 Å². The zero-order chi connectivity index (χ0) is 9.03. The van der Waals surface area contributed by atoms with E-state index in [9.17, 15) is 4.79 Å². The van der Waals surface area contributed by atoms with Gasteiger partial charge in [-0.05, 0) is 25.7 Å². The Hall–Kier alpha value is -1.13. The number of hydrogen-bond acceptors (Lipinski definition) is 3. The first-order valence-electron chi connectivity index (χ1n) is 4.23. The lowest BCUT2D eigenvalue weighted by atomic mass is 9.86. The van der Waals surface area contributed by atoms with E-state index in [1.807, 2.05) is 0 Å². The Bertz CT molecular complexity index is 244. The minimum Gasteiger partial charge on any atom is -0.211 e. The van der Waals surface area contributed by atoms with Crippen LogP contribution in [-0.2, 0) is 4.79 Å². The summed E-state index contributed by atoms with van der Waals surface area (Å²) in [5, 5.41) is 8.85. The van der Waals surface area contributed by atoms with Gasteiger partial charge in [0.05, 0.1) is 6.07 Å². The van der Waals surface area contributed by atoms with Crippen LogP contribution in [0.2, 0.25) is 0 Å². The average molecular weight is 164 g/mol. The summed E-state index contributed by atoms with van der Waals surface area (Å²) < 4.78 is 0. The standard InChI is InChI=1S/C9H12N2O/c1-9(6-10,11-7-12)8-4-2-3-5-8/h8H,2-5H2,1H3. The van der Waals surface area contributed by atoms with Crippen molar-refractivity contribution in [2.24, 2.45) is 10.9 Å². The molecule has 12 heavy (non-hydrogen) atoms. The van der Waals surface area contributed by atoms with Gasteiger partial charge in [0.1, 0.15) is 0 Å². The van der Waals surface area contributed by atoms with E-state index in [4.69, 9.17) is 5.26 Å². The minimum atomic E-state index is -0.821. The van der Waals surface area contributed by atoms with Crippen LogP contribution in [0.25, 0.3) is 0 Å². The van der Waals surface area contributed by atoms with E-state index in [1.54, 1.807) is 6.92 Å². The highest BCUT2D eigenvalue weighted by Gasteiger charge is 2.36. The van der Waals surface area contributed by atoms with Gasteiger partial charge in [-0.15, -0.1) is 0 Å². The molecule has 1 saturated carbocycles. The Balaban J connectivity index is 2.79. The fourth-order valence-corrected chi connectivity index (χ4v) is 1.79. The van der Waals surface area contributed by atoms with Gasteiger partial charge < -0.3 is 0 Å². The van der Waals surface area contributed by atoms with E-state index in [-0.39, 0.29) is 5.92 Å². The summed E-state index contributed by atoms with van der Waals surface area (Å²) >= 11 is 0. The molecule has 0 bridgehead atoms. The van der Waals surface area contributed by atoms with Gasteiger partial charge in [-0.3, -0.25) is 0 Å². The molecule has 1 atom stereocenters. The van der Waals surface area contributed by atoms with E-state index in [0.29, 0.717) is 0 Å². The molecule has 0 radical (unpaired) electrons. The Morgan fingerprint density at radius 3 is 2.50 bits per heavy atom. The molecule has 0 heterocycles. The molecule has 0 aromatic carbocycles. The molecule has 1 fully saturated rings. The van der Waals surface area contributed by atoms with Gasteiger partial charge in [0, 0.05) is 0 Å². The highest BCUT2D eigenvalue weighted by molar-refractivity contribution is 5.37. The number of aliphatic imine (C=N–C) groups is 1. The van der Waals surface area contributed by atoms with Crippen LogP contribution in [0.4, 0.5) is 0 Å². The minimum absolute atomic E-state index is 0.254. The van der Waals surface area contributed by atoms with E-state index < -0.39 is 5.54 Å². The molecule has 0 saturated heterocycles. The van der Waals surface area contributed by atoms with Crippen molar-refractivity contribution in [1.82, 2.24) is 0 Å². The molecular formula is C9H12N2O. The van der Waals surface area contributed by atoms with Crippen LogP contribution in [0.15, 0.2) is 4.99 Å². The molecule has 0 N–H and O–H groups in total. The van der Waals surface area contributed by atoms with E-state index in [0.717, 1.165) is 25.7 Å². The van der Waals surface area contributed by atoms with Crippen molar-refractivity contribution >= 4 is 6.08 Å². The second-order valence-electron chi connectivity index (χ2n) is 3.44. The number of hydrogen-bond donors (Lipinski definition) is 0. The van der Waals surface area contributed by atoms with Crippen LogP contribution < -0.4 is 0 Å². The highest BCUT2D eigenvalue weighted by Crippen LogP contribution is 2.35. The van der Waals surface area contributed by atoms with Crippen LogP contribution in [0.5, 0.6) is 0 Å². The second kappa shape index (κ2) is 3.51. The molecule has 64 valence electrons. The van der Waals surface area contributed by atoms with E-state index in [1.165, 1.54) is 6.08 Å². The zero-order valence-corrected chi connectivity index (χ0v) is 7.21. The van der Waals surface area contributed by atoms with Crippen molar-refractivity contribution < 1.29 is 4.79 Å². The maximum absolute atomic E-state index is 10.1. The number of nitrogens with zero attached hydrogens (tertiary/aromatic N) is 2. The van der Waals surface area contributed by atoms with Crippen LogP contribution in [-0.4, -0.2) is 11.6 Å². The summed E-state index contributed by atoms with van der Waals surface area (Å²) in [7, 11) is 0. The maximum atomic E-state index is 10.1. The normalized spacial score (nSPS) is 22.3. The maximum Gasteiger partial charge on any atom is 0.236 e. The molecular weight excluding hydrogens is 152 g/mol. The Labute approximate surface area is 72.1 Å². The fraction of sp³-hybridized carbons (Fsp3) is 0.778. The zero-order valence-electron chi connectivity index (χ0n) is 7.21. The van der Waals surface area contributed by atoms with Crippen molar-refractivity contribution in [2.45, 2.75) is 38.1 Å². The van der Waals surface area contributed by atoms with E-state index >= 15 is 0 Å². The number of isocyanates is 1. The molecule has 1 aliphatic rings. The van der Waals surface area contributed by atoms with Crippen LogP contribution >= 0.6 is 0 Å².